The Hall–Kier alpha value is -2.11. The Kier molecular flexibility index (Phi) is 6.02. The van der Waals surface area contributed by atoms with Crippen LogP contribution in [0.15, 0.2) is 0 Å². The van der Waals surface area contributed by atoms with Gasteiger partial charge in [-0.05, 0) is 50.5 Å². The largest absolute Gasteiger partial charge is 0.468 e. The van der Waals surface area contributed by atoms with Crippen LogP contribution in [0.3, 0.4) is 0 Å². The molecule has 3 rings (SSSR count). The average Bonchev–Trinajstić information content (AvgIpc) is 2.93. The smallest absolute Gasteiger partial charge is 0.355 e. The Balaban J connectivity index is 1.81. The first-order chi connectivity index (χ1) is 12.9. The summed E-state index contributed by atoms with van der Waals surface area (Å²) >= 11 is 0. The number of hydrogen-bond acceptors (Lipinski definition) is 5. The minimum absolute atomic E-state index is 0.0602. The zero-order valence-electron chi connectivity index (χ0n) is 16.4. The van der Waals surface area contributed by atoms with Crippen molar-refractivity contribution >= 4 is 17.7 Å². The van der Waals surface area contributed by atoms with Gasteiger partial charge in [-0.3, -0.25) is 9.59 Å². The molecule has 6 nitrogen and oxygen atoms in total. The highest BCUT2D eigenvalue weighted by Crippen LogP contribution is 2.34. The number of nitrogens with one attached hydrogen (secondary N) is 1. The third kappa shape index (κ3) is 3.94. The summed E-state index contributed by atoms with van der Waals surface area (Å²) in [6, 6.07) is 0. The molecule has 1 heterocycles. The maximum atomic E-state index is 12.9. The number of fused-ring (bicyclic) bond motifs is 1. The number of esters is 2. The van der Waals surface area contributed by atoms with Crippen molar-refractivity contribution in [2.75, 3.05) is 7.11 Å². The molecule has 0 saturated heterocycles. The van der Waals surface area contributed by atoms with Crippen molar-refractivity contribution < 1.29 is 23.9 Å². The van der Waals surface area contributed by atoms with Gasteiger partial charge in [0.1, 0.15) is 17.7 Å². The molecule has 2 aliphatic rings. The summed E-state index contributed by atoms with van der Waals surface area (Å²) < 4.78 is 10.6. The van der Waals surface area contributed by atoms with E-state index in [-0.39, 0.29) is 17.8 Å². The number of aromatic nitrogens is 1. The van der Waals surface area contributed by atoms with E-state index in [0.29, 0.717) is 23.2 Å². The standard InChI is InChI=1S/C21H29NO5/c1-12-11-15-17(19(23)16(12)20(24)26-3)13(2)18(22-15)21(25)27-14-9-7-5-4-6-8-10-14/h12,14,16,22H,4-11H2,1-3H3/t12-,16-/m1/s1. The van der Waals surface area contributed by atoms with E-state index in [1.165, 1.54) is 26.4 Å². The summed E-state index contributed by atoms with van der Waals surface area (Å²) in [5.41, 5.74) is 2.09. The van der Waals surface area contributed by atoms with Gasteiger partial charge in [-0.2, -0.15) is 0 Å². The fraction of sp³-hybridized carbons (Fsp3) is 0.667. The number of hydrogen-bond donors (Lipinski definition) is 1. The summed E-state index contributed by atoms with van der Waals surface area (Å²) in [6.07, 6.45) is 8.04. The quantitative estimate of drug-likeness (QED) is 0.642. The average molecular weight is 375 g/mol. The summed E-state index contributed by atoms with van der Waals surface area (Å²) in [7, 11) is 1.29. The van der Waals surface area contributed by atoms with Gasteiger partial charge in [-0.25, -0.2) is 4.79 Å². The van der Waals surface area contributed by atoms with Crippen molar-refractivity contribution in [2.24, 2.45) is 11.8 Å². The van der Waals surface area contributed by atoms with Gasteiger partial charge in [-0.1, -0.05) is 26.2 Å². The third-order valence-electron chi connectivity index (χ3n) is 5.94. The number of Topliss-reactive ketones (excluding diaryl/α,β-unsaturated/α-hetero) is 1. The Labute approximate surface area is 160 Å². The molecule has 0 spiro atoms. The fourth-order valence-corrected chi connectivity index (χ4v) is 4.42. The molecule has 2 aliphatic carbocycles. The van der Waals surface area contributed by atoms with Crippen LogP contribution in [0.1, 0.15) is 84.0 Å². The molecular weight excluding hydrogens is 346 g/mol. The van der Waals surface area contributed by atoms with Crippen LogP contribution in [0.25, 0.3) is 0 Å². The van der Waals surface area contributed by atoms with Crippen molar-refractivity contribution in [3.8, 4) is 0 Å². The van der Waals surface area contributed by atoms with E-state index in [9.17, 15) is 14.4 Å². The molecule has 1 saturated carbocycles. The SMILES string of the molecule is COC(=O)[C@H]1C(=O)c2c([nH]c(C(=O)OC3CCCCCCC3)c2C)C[C@H]1C. The van der Waals surface area contributed by atoms with Gasteiger partial charge in [0.15, 0.2) is 5.78 Å². The molecule has 0 unspecified atom stereocenters. The van der Waals surface area contributed by atoms with E-state index in [1.54, 1.807) is 6.92 Å². The molecule has 1 fully saturated rings. The van der Waals surface area contributed by atoms with Crippen LogP contribution in [-0.2, 0) is 20.7 Å². The van der Waals surface area contributed by atoms with E-state index < -0.39 is 17.9 Å². The lowest BCUT2D eigenvalue weighted by atomic mass is 9.77. The number of H-pyrrole nitrogens is 1. The van der Waals surface area contributed by atoms with E-state index in [0.717, 1.165) is 31.4 Å². The van der Waals surface area contributed by atoms with Crippen molar-refractivity contribution in [1.82, 2.24) is 4.98 Å². The second-order valence-electron chi connectivity index (χ2n) is 7.90. The molecule has 0 bridgehead atoms. The van der Waals surface area contributed by atoms with Crippen LogP contribution >= 0.6 is 0 Å². The Morgan fingerprint density at radius 2 is 1.70 bits per heavy atom. The van der Waals surface area contributed by atoms with Crippen LogP contribution < -0.4 is 0 Å². The van der Waals surface area contributed by atoms with Crippen LogP contribution in [0.4, 0.5) is 0 Å². The predicted molar refractivity (Wildman–Crippen MR) is 99.8 cm³/mol. The molecule has 6 heteroatoms. The zero-order valence-corrected chi connectivity index (χ0v) is 16.4. The summed E-state index contributed by atoms with van der Waals surface area (Å²) in [5, 5.41) is 0. The van der Waals surface area contributed by atoms with Crippen LogP contribution in [-0.4, -0.2) is 35.9 Å². The molecule has 2 atom stereocenters. The summed E-state index contributed by atoms with van der Waals surface area (Å²) in [4.78, 5) is 40.8. The second kappa shape index (κ2) is 8.28. The molecule has 0 aliphatic heterocycles. The Bertz CT molecular complexity index is 727. The Morgan fingerprint density at radius 1 is 1.07 bits per heavy atom. The van der Waals surface area contributed by atoms with Gasteiger partial charge < -0.3 is 14.5 Å². The lowest BCUT2D eigenvalue weighted by Gasteiger charge is -2.25. The fourth-order valence-electron chi connectivity index (χ4n) is 4.42. The highest BCUT2D eigenvalue weighted by molar-refractivity contribution is 6.12. The summed E-state index contributed by atoms with van der Waals surface area (Å²) in [6.45, 7) is 3.59. The van der Waals surface area contributed by atoms with Crippen molar-refractivity contribution in [1.29, 1.82) is 0 Å². The second-order valence-corrected chi connectivity index (χ2v) is 7.90. The number of carbonyl (C=O) groups is 3. The number of aromatic amines is 1. The van der Waals surface area contributed by atoms with Crippen molar-refractivity contribution in [3.63, 3.8) is 0 Å². The van der Waals surface area contributed by atoms with Crippen LogP contribution in [0.5, 0.6) is 0 Å². The number of ketones is 1. The van der Waals surface area contributed by atoms with Gasteiger partial charge in [-0.15, -0.1) is 0 Å². The van der Waals surface area contributed by atoms with E-state index in [2.05, 4.69) is 4.98 Å². The Morgan fingerprint density at radius 3 is 2.33 bits per heavy atom. The predicted octanol–water partition coefficient (Wildman–Crippen LogP) is 3.76. The minimum Gasteiger partial charge on any atom is -0.468 e. The van der Waals surface area contributed by atoms with Gasteiger partial charge >= 0.3 is 11.9 Å². The number of carbonyl (C=O) groups excluding carboxylic acids is 3. The molecule has 148 valence electrons. The normalized spacial score (nSPS) is 23.9. The van der Waals surface area contributed by atoms with E-state index in [4.69, 9.17) is 9.47 Å². The van der Waals surface area contributed by atoms with E-state index in [1.807, 2.05) is 6.92 Å². The minimum atomic E-state index is -0.813. The maximum Gasteiger partial charge on any atom is 0.355 e. The zero-order chi connectivity index (χ0) is 19.6. The van der Waals surface area contributed by atoms with Crippen molar-refractivity contribution in [2.45, 2.75) is 71.3 Å². The monoisotopic (exact) mass is 375 g/mol. The first-order valence-corrected chi connectivity index (χ1v) is 9.98. The van der Waals surface area contributed by atoms with Gasteiger partial charge in [0.2, 0.25) is 0 Å². The number of ether oxygens (including phenoxy) is 2. The van der Waals surface area contributed by atoms with Crippen LogP contribution in [0, 0.1) is 18.8 Å². The first kappa shape index (κ1) is 19.6. The van der Waals surface area contributed by atoms with Crippen LogP contribution in [0.2, 0.25) is 0 Å². The molecule has 0 amide bonds. The molecule has 1 aromatic rings. The summed E-state index contributed by atoms with van der Waals surface area (Å²) in [5.74, 6) is -2.18. The highest BCUT2D eigenvalue weighted by Gasteiger charge is 2.42. The molecule has 1 N–H and O–H groups in total. The molecule has 0 aromatic carbocycles. The molecule has 27 heavy (non-hydrogen) atoms. The third-order valence-corrected chi connectivity index (χ3v) is 5.94. The number of rotatable bonds is 3. The lowest BCUT2D eigenvalue weighted by molar-refractivity contribution is -0.145. The first-order valence-electron chi connectivity index (χ1n) is 9.98. The van der Waals surface area contributed by atoms with E-state index >= 15 is 0 Å². The molecule has 0 radical (unpaired) electrons. The molecule has 1 aromatic heterocycles. The van der Waals surface area contributed by atoms with Gasteiger partial charge in [0.05, 0.1) is 7.11 Å². The number of methoxy groups -OCH3 is 1. The maximum absolute atomic E-state index is 12.9. The van der Waals surface area contributed by atoms with Gasteiger partial charge in [0.25, 0.3) is 0 Å². The lowest BCUT2D eigenvalue weighted by Crippen LogP contribution is -2.36. The molecular formula is C21H29NO5. The topological polar surface area (TPSA) is 85.5 Å². The highest BCUT2D eigenvalue weighted by atomic mass is 16.5. The van der Waals surface area contributed by atoms with Crippen molar-refractivity contribution in [3.05, 3.63) is 22.5 Å². The van der Waals surface area contributed by atoms with Gasteiger partial charge in [0, 0.05) is 11.3 Å².